The van der Waals surface area contributed by atoms with Crippen LogP contribution in [-0.2, 0) is 0 Å². The first-order valence-corrected chi connectivity index (χ1v) is 11.7. The van der Waals surface area contributed by atoms with E-state index >= 15 is 0 Å². The van der Waals surface area contributed by atoms with Crippen LogP contribution >= 0.6 is 71.3 Å². The van der Waals surface area contributed by atoms with Gasteiger partial charge < -0.3 is 0 Å². The van der Waals surface area contributed by atoms with E-state index in [4.69, 9.17) is 11.6 Å². The Morgan fingerprint density at radius 3 is 3.00 bits per heavy atom. The highest BCUT2D eigenvalue weighted by atomic mass is 35.5. The quantitative estimate of drug-likeness (QED) is 0.486. The van der Waals surface area contributed by atoms with Crippen molar-refractivity contribution in [2.75, 3.05) is 0 Å². The molecule has 0 radical (unpaired) electrons. The van der Waals surface area contributed by atoms with E-state index in [1.54, 1.807) is 3.82 Å². The summed E-state index contributed by atoms with van der Waals surface area (Å²) >= 11 is 13.2. The number of hydrazine groups is 1. The van der Waals surface area contributed by atoms with Gasteiger partial charge in [-0.2, -0.15) is 8.25 Å². The van der Waals surface area contributed by atoms with Crippen molar-refractivity contribution in [2.24, 2.45) is 0 Å². The van der Waals surface area contributed by atoms with Crippen LogP contribution < -0.4 is 18.4 Å². The number of allylic oxidation sites excluding steroid dienone is 2. The molecule has 1 saturated heterocycles. The lowest BCUT2D eigenvalue weighted by molar-refractivity contribution is 0.0927. The Balaban J connectivity index is 1.51. The van der Waals surface area contributed by atoms with Gasteiger partial charge >= 0.3 is 0 Å². The van der Waals surface area contributed by atoms with Crippen LogP contribution in [0.1, 0.15) is 9.67 Å². The summed E-state index contributed by atoms with van der Waals surface area (Å²) in [6.45, 7) is 0. The van der Waals surface area contributed by atoms with Gasteiger partial charge in [0.2, 0.25) is 0 Å². The normalized spacial score (nSPS) is 21.4. The van der Waals surface area contributed by atoms with Crippen LogP contribution in [0.4, 0.5) is 0 Å². The summed E-state index contributed by atoms with van der Waals surface area (Å²) in [5, 5.41) is 1.38. The molecule has 0 unspecified atom stereocenters. The number of benzene rings is 1. The number of fused-ring (bicyclic) bond motifs is 2. The number of amides is 1. The Hall–Kier alpha value is -0.340. The summed E-state index contributed by atoms with van der Waals surface area (Å²) < 4.78 is 12.1. The summed E-state index contributed by atoms with van der Waals surface area (Å²) in [7, 11) is 0. The Morgan fingerprint density at radius 1 is 1.23 bits per heavy atom. The molecular weight excluding hydrogens is 450 g/mol. The average Bonchev–Trinajstić information content (AvgIpc) is 3.23. The second-order valence-electron chi connectivity index (χ2n) is 5.04. The van der Waals surface area contributed by atoms with Gasteiger partial charge in [-0.1, -0.05) is 45.8 Å². The van der Waals surface area contributed by atoms with Gasteiger partial charge in [-0.05, 0) is 24.1 Å². The van der Waals surface area contributed by atoms with Crippen LogP contribution in [0, 0.1) is 0 Å². The van der Waals surface area contributed by atoms with E-state index in [9.17, 15) is 4.79 Å². The number of rotatable bonds is 2. The Morgan fingerprint density at radius 2 is 2.12 bits per heavy atom. The zero-order valence-corrected chi connectivity index (χ0v) is 17.7. The van der Waals surface area contributed by atoms with Crippen molar-refractivity contribution in [3.8, 4) is 0 Å². The Kier molecular flexibility index (Phi) is 6.41. The van der Waals surface area contributed by atoms with Crippen molar-refractivity contribution in [2.45, 2.75) is 6.04 Å². The molecule has 0 bridgehead atoms. The van der Waals surface area contributed by atoms with E-state index in [0.717, 1.165) is 15.0 Å². The smallest absolute Gasteiger partial charge is 0.267 e. The van der Waals surface area contributed by atoms with Crippen LogP contribution in [0.25, 0.3) is 10.1 Å². The fraction of sp³-hybridized carbons (Fsp3) is 0.0714. The van der Waals surface area contributed by atoms with Gasteiger partial charge in [-0.25, -0.2) is 4.72 Å². The molecule has 2 aromatic rings. The van der Waals surface area contributed by atoms with Gasteiger partial charge in [0.1, 0.15) is 4.88 Å². The van der Waals surface area contributed by atoms with Crippen molar-refractivity contribution in [1.29, 1.82) is 0 Å². The molecule has 1 atom stereocenters. The largest absolute Gasteiger partial charge is 0.278 e. The van der Waals surface area contributed by atoms with Crippen molar-refractivity contribution in [1.82, 2.24) is 22.2 Å². The second-order valence-corrected chi connectivity index (χ2v) is 10.2. The van der Waals surface area contributed by atoms with Gasteiger partial charge in [0, 0.05) is 39.3 Å². The fourth-order valence-corrected chi connectivity index (χ4v) is 6.83. The van der Waals surface area contributed by atoms with Gasteiger partial charge in [-0.15, -0.1) is 11.3 Å². The Labute approximate surface area is 176 Å². The lowest BCUT2D eigenvalue weighted by Gasteiger charge is -2.24. The minimum atomic E-state index is -0.238. The van der Waals surface area contributed by atoms with Crippen LogP contribution in [-0.4, -0.2) is 15.8 Å². The molecule has 1 aromatic heterocycles. The average molecular weight is 462 g/mol. The lowest BCUT2D eigenvalue weighted by Crippen LogP contribution is -2.36. The zero-order valence-electron chi connectivity index (χ0n) is 12.9. The maximum atomic E-state index is 12.8. The number of carbonyl (C=O) groups is 1. The van der Waals surface area contributed by atoms with E-state index < -0.39 is 0 Å². The Bertz CT molecular complexity index is 888. The minimum absolute atomic E-state index is 0.0871. The first kappa shape index (κ1) is 19.0. The highest BCUT2D eigenvalue weighted by Crippen LogP contribution is 2.36. The van der Waals surface area contributed by atoms with Crippen molar-refractivity contribution in [3.63, 3.8) is 0 Å². The van der Waals surface area contributed by atoms with Crippen LogP contribution in [0.15, 0.2) is 47.4 Å². The van der Waals surface area contributed by atoms with Crippen molar-refractivity contribution >= 4 is 87.3 Å². The maximum Gasteiger partial charge on any atom is 0.278 e. The predicted octanol–water partition coefficient (Wildman–Crippen LogP) is 4.44. The fourth-order valence-electron chi connectivity index (χ4n) is 2.28. The third-order valence-electron chi connectivity index (χ3n) is 3.42. The van der Waals surface area contributed by atoms with Crippen molar-refractivity contribution < 1.29 is 4.79 Å². The van der Waals surface area contributed by atoms with Gasteiger partial charge in [0.05, 0.1) is 23.2 Å². The van der Waals surface area contributed by atoms with E-state index in [1.807, 2.05) is 36.4 Å². The van der Waals surface area contributed by atoms with Gasteiger partial charge in [0.15, 0.2) is 0 Å². The molecule has 26 heavy (non-hydrogen) atoms. The molecule has 2 heterocycles. The molecule has 136 valence electrons. The lowest BCUT2D eigenvalue weighted by atomic mass is 10.2. The first-order valence-electron chi connectivity index (χ1n) is 7.31. The molecule has 6 nitrogen and oxygen atoms in total. The van der Waals surface area contributed by atoms with E-state index in [1.165, 1.54) is 59.7 Å². The summed E-state index contributed by atoms with van der Waals surface area (Å²) in [4.78, 5) is 14.4. The first-order chi connectivity index (χ1) is 12.7. The number of nitrogens with one attached hydrogen (secondary N) is 4. The van der Waals surface area contributed by atoms with Crippen molar-refractivity contribution in [3.05, 3.63) is 57.3 Å². The molecule has 0 spiro atoms. The number of nitrogens with zero attached hydrogens (tertiary/aromatic N) is 1. The number of carbonyl (C=O) groups excluding carboxylic acids is 1. The maximum absolute atomic E-state index is 12.8. The summed E-state index contributed by atoms with van der Waals surface area (Å²) in [6, 6.07) is 7.82. The molecule has 1 fully saturated rings. The minimum Gasteiger partial charge on any atom is -0.267 e. The van der Waals surface area contributed by atoms with Crippen LogP contribution in [0.3, 0.4) is 0 Å². The van der Waals surface area contributed by atoms with E-state index in [-0.39, 0.29) is 11.9 Å². The predicted molar refractivity (Wildman–Crippen MR) is 117 cm³/mol. The molecule has 1 aliphatic carbocycles. The number of halogens is 1. The molecule has 4 N–H and O–H groups in total. The standard InChI is InChI=1S/C14H12ClN5OS5/c15-12-8-4-1-2-6-10(8)22-13(12)14(21)16-20-23-11-7-3-5-9(11)17-24-18-25-19-26-20/h1-7,9,17-19H,(H,16,21)/t9-/m1/s1. The topological polar surface area (TPSA) is 68.4 Å². The number of hydrogen-bond donors (Lipinski definition) is 4. The molecule has 0 saturated carbocycles. The molecule has 12 heteroatoms. The summed E-state index contributed by atoms with van der Waals surface area (Å²) in [5.74, 6) is -0.238. The third-order valence-corrected chi connectivity index (χ3v) is 8.33. The van der Waals surface area contributed by atoms with E-state index in [2.05, 4.69) is 24.5 Å². The molecule has 1 aromatic carbocycles. The molecule has 1 aliphatic heterocycles. The van der Waals surface area contributed by atoms with Crippen LogP contribution in [0.2, 0.25) is 5.02 Å². The highest BCUT2D eigenvalue weighted by molar-refractivity contribution is 8.21. The number of thiophene rings is 1. The molecular formula is C14H12ClN5OS5. The molecule has 4 rings (SSSR count). The highest BCUT2D eigenvalue weighted by Gasteiger charge is 2.24. The number of hydrogen-bond acceptors (Lipinski definition) is 10. The van der Waals surface area contributed by atoms with Gasteiger partial charge in [-0.3, -0.25) is 10.2 Å². The molecule has 1 amide bonds. The SMILES string of the molecule is O=C(NN1SNSNSN[C@@H]2C=CC=C2S1)c1sc2ccccc2c1Cl. The monoisotopic (exact) mass is 461 g/mol. The summed E-state index contributed by atoms with van der Waals surface area (Å²) in [6.07, 6.45) is 6.07. The van der Waals surface area contributed by atoms with Crippen LogP contribution in [0.5, 0.6) is 0 Å². The van der Waals surface area contributed by atoms with E-state index in [0.29, 0.717) is 9.90 Å². The zero-order chi connectivity index (χ0) is 17.9. The molecule has 2 aliphatic rings. The summed E-state index contributed by atoms with van der Waals surface area (Å²) in [5.41, 5.74) is 2.91. The third kappa shape index (κ3) is 4.22. The second kappa shape index (κ2) is 8.78. The van der Waals surface area contributed by atoms with Gasteiger partial charge in [0.25, 0.3) is 5.91 Å².